The first kappa shape index (κ1) is 12.6. The molecule has 3 unspecified atom stereocenters. The Kier molecular flexibility index (Phi) is 3.48. The average Bonchev–Trinajstić information content (AvgIpc) is 3.14. The Morgan fingerprint density at radius 1 is 1.06 bits per heavy atom. The number of carbonyl (C=O) groups excluding carboxylic acids is 1. The van der Waals surface area contributed by atoms with Crippen LogP contribution in [-0.2, 0) is 4.79 Å². The van der Waals surface area contributed by atoms with Crippen molar-refractivity contribution >= 4 is 18.2 Å². The number of rotatable bonds is 3. The molecule has 0 aromatic rings. The van der Waals surface area contributed by atoms with Crippen molar-refractivity contribution in [3.63, 3.8) is 0 Å². The van der Waals surface area contributed by atoms with Crippen LogP contribution in [0.5, 0.6) is 0 Å². The second kappa shape index (κ2) is 4.95. The number of hydrogen-bond donors (Lipinski definition) is 0. The normalized spacial score (nSPS) is 45.2. The van der Waals surface area contributed by atoms with Crippen molar-refractivity contribution in [2.45, 2.75) is 56.7 Å². The standard InChI is InChI=1S/C14H22NO2S/c1-9-2-4-11(5-3-9)14-13(10-6-7-10)12(8-16)18-15(14)17/h8-14H,2-7H2,1H3/q+1. The van der Waals surface area contributed by atoms with Gasteiger partial charge in [0, 0.05) is 10.8 Å². The summed E-state index contributed by atoms with van der Waals surface area (Å²) in [5.41, 5.74) is 0. The van der Waals surface area contributed by atoms with Crippen molar-refractivity contribution in [2.24, 2.45) is 23.7 Å². The van der Waals surface area contributed by atoms with Crippen LogP contribution >= 0.6 is 11.9 Å². The second-order valence-electron chi connectivity index (χ2n) is 6.42. The first-order valence-electron chi connectivity index (χ1n) is 7.29. The van der Waals surface area contributed by atoms with Gasteiger partial charge in [-0.1, -0.05) is 19.8 Å². The summed E-state index contributed by atoms with van der Waals surface area (Å²) in [5.74, 6) is 2.33. The van der Waals surface area contributed by atoms with Gasteiger partial charge in [0.05, 0.1) is 10.1 Å². The van der Waals surface area contributed by atoms with Gasteiger partial charge >= 0.3 is 0 Å². The third-order valence-corrected chi connectivity index (χ3v) is 6.21. The van der Waals surface area contributed by atoms with E-state index in [2.05, 4.69) is 6.92 Å². The highest BCUT2D eigenvalue weighted by Gasteiger charge is 2.59. The van der Waals surface area contributed by atoms with Crippen molar-refractivity contribution in [3.05, 3.63) is 4.91 Å². The van der Waals surface area contributed by atoms with E-state index in [9.17, 15) is 9.70 Å². The first-order chi connectivity index (χ1) is 8.70. The van der Waals surface area contributed by atoms with Gasteiger partial charge in [0.15, 0.2) is 0 Å². The van der Waals surface area contributed by atoms with Crippen LogP contribution in [0.25, 0.3) is 0 Å². The molecule has 0 radical (unpaired) electrons. The lowest BCUT2D eigenvalue weighted by molar-refractivity contribution is -0.436. The third-order valence-electron chi connectivity index (χ3n) is 5.09. The van der Waals surface area contributed by atoms with E-state index in [1.807, 2.05) is 0 Å². The molecule has 3 rings (SSSR count). The summed E-state index contributed by atoms with van der Waals surface area (Å²) in [4.78, 5) is 23.4. The second-order valence-corrected chi connectivity index (χ2v) is 7.53. The molecule has 3 fully saturated rings. The van der Waals surface area contributed by atoms with Crippen molar-refractivity contribution < 1.29 is 8.96 Å². The average molecular weight is 268 g/mol. The molecule has 1 aliphatic heterocycles. The number of carbonyl (C=O) groups is 1. The van der Waals surface area contributed by atoms with Crippen LogP contribution < -0.4 is 0 Å². The van der Waals surface area contributed by atoms with Crippen LogP contribution in [0.4, 0.5) is 0 Å². The number of nitroso groups, excluding NO2 is 1. The van der Waals surface area contributed by atoms with E-state index < -0.39 is 0 Å². The summed E-state index contributed by atoms with van der Waals surface area (Å²) in [6.07, 6.45) is 8.33. The number of aldehydes is 1. The van der Waals surface area contributed by atoms with Crippen LogP contribution in [0, 0.1) is 28.6 Å². The van der Waals surface area contributed by atoms with Crippen LogP contribution in [0.1, 0.15) is 45.4 Å². The minimum atomic E-state index is -0.0700. The zero-order valence-corrected chi connectivity index (χ0v) is 11.8. The predicted molar refractivity (Wildman–Crippen MR) is 72.2 cm³/mol. The summed E-state index contributed by atoms with van der Waals surface area (Å²) < 4.78 is 1.18. The maximum absolute atomic E-state index is 12.2. The van der Waals surface area contributed by atoms with Gasteiger partial charge in [0.1, 0.15) is 11.5 Å². The molecule has 100 valence electrons. The lowest BCUT2D eigenvalue weighted by atomic mass is 9.74. The van der Waals surface area contributed by atoms with E-state index >= 15 is 0 Å². The summed E-state index contributed by atoms with van der Waals surface area (Å²) >= 11 is 1.25. The lowest BCUT2D eigenvalue weighted by Gasteiger charge is -2.28. The lowest BCUT2D eigenvalue weighted by Crippen LogP contribution is -2.37. The number of hydrogen-bond acceptors (Lipinski definition) is 3. The summed E-state index contributed by atoms with van der Waals surface area (Å²) in [6, 6.07) is 0.116. The van der Waals surface area contributed by atoms with Crippen LogP contribution in [0.15, 0.2) is 0 Å². The van der Waals surface area contributed by atoms with Crippen molar-refractivity contribution in [1.29, 1.82) is 0 Å². The molecular formula is C14H22NO2S+. The topological polar surface area (TPSA) is 37.1 Å². The van der Waals surface area contributed by atoms with E-state index in [0.717, 1.165) is 12.2 Å². The van der Waals surface area contributed by atoms with E-state index in [-0.39, 0.29) is 11.3 Å². The van der Waals surface area contributed by atoms with E-state index in [0.29, 0.717) is 17.8 Å². The molecule has 0 bridgehead atoms. The zero-order valence-electron chi connectivity index (χ0n) is 11.0. The van der Waals surface area contributed by atoms with E-state index in [1.165, 1.54) is 54.6 Å². The SMILES string of the molecule is CC1CCC(C2C(C3CC3)C(C=O)S[N+]2=O)CC1. The fourth-order valence-corrected chi connectivity index (χ4v) is 5.12. The molecule has 0 N–H and O–H groups in total. The van der Waals surface area contributed by atoms with Crippen LogP contribution in [0.3, 0.4) is 0 Å². The minimum Gasteiger partial charge on any atom is -0.302 e. The van der Waals surface area contributed by atoms with Gasteiger partial charge in [-0.05, 0) is 37.5 Å². The van der Waals surface area contributed by atoms with Crippen molar-refractivity contribution in [3.8, 4) is 0 Å². The largest absolute Gasteiger partial charge is 0.302 e. The first-order valence-corrected chi connectivity index (χ1v) is 8.12. The molecular weight excluding hydrogens is 246 g/mol. The molecule has 0 aromatic carbocycles. The molecule has 3 aliphatic rings. The summed E-state index contributed by atoms with van der Waals surface area (Å²) in [7, 11) is 0. The molecule has 3 nitrogen and oxygen atoms in total. The maximum Gasteiger partial charge on any atom is 0.224 e. The molecule has 2 saturated carbocycles. The summed E-state index contributed by atoms with van der Waals surface area (Å²) in [6.45, 7) is 2.31. The highest BCUT2D eigenvalue weighted by atomic mass is 32.2. The van der Waals surface area contributed by atoms with Gasteiger partial charge in [-0.25, -0.2) is 0 Å². The van der Waals surface area contributed by atoms with Crippen molar-refractivity contribution in [1.82, 2.24) is 0 Å². The quantitative estimate of drug-likeness (QED) is 0.448. The zero-order chi connectivity index (χ0) is 12.7. The van der Waals surface area contributed by atoms with Gasteiger partial charge in [-0.2, -0.15) is 0 Å². The Morgan fingerprint density at radius 2 is 1.67 bits per heavy atom. The Hall–Kier alpha value is -0.380. The number of nitrogens with zero attached hydrogens (tertiary/aromatic N) is 1. The van der Waals surface area contributed by atoms with Gasteiger partial charge in [-0.3, -0.25) is 0 Å². The Balaban J connectivity index is 1.76. The molecule has 1 heterocycles. The monoisotopic (exact) mass is 268 g/mol. The van der Waals surface area contributed by atoms with Crippen LogP contribution in [-0.4, -0.2) is 21.7 Å². The van der Waals surface area contributed by atoms with Gasteiger partial charge < -0.3 is 4.79 Å². The third kappa shape index (κ3) is 2.24. The van der Waals surface area contributed by atoms with E-state index in [1.54, 1.807) is 0 Å². The summed E-state index contributed by atoms with van der Waals surface area (Å²) in [5, 5.41) is -0.0700. The highest BCUT2D eigenvalue weighted by molar-refractivity contribution is 7.94. The predicted octanol–water partition coefficient (Wildman–Crippen LogP) is 3.22. The highest BCUT2D eigenvalue weighted by Crippen LogP contribution is 2.52. The van der Waals surface area contributed by atoms with Gasteiger partial charge in [0.25, 0.3) is 0 Å². The maximum atomic E-state index is 12.2. The van der Waals surface area contributed by atoms with Crippen LogP contribution in [0.2, 0.25) is 0 Å². The minimum absolute atomic E-state index is 0.0700. The van der Waals surface area contributed by atoms with Gasteiger partial charge in [-0.15, -0.1) is 0 Å². The Bertz CT molecular complexity index is 348. The fourth-order valence-electron chi connectivity index (χ4n) is 3.85. The Labute approximate surface area is 113 Å². The smallest absolute Gasteiger partial charge is 0.224 e. The molecule has 18 heavy (non-hydrogen) atoms. The molecule has 0 aromatic heterocycles. The molecule has 4 heteroatoms. The molecule has 3 atom stereocenters. The molecule has 2 aliphatic carbocycles. The Morgan fingerprint density at radius 3 is 2.22 bits per heavy atom. The molecule has 0 spiro atoms. The van der Waals surface area contributed by atoms with E-state index in [4.69, 9.17) is 0 Å². The fraction of sp³-hybridized carbons (Fsp3) is 0.929. The van der Waals surface area contributed by atoms with Crippen molar-refractivity contribution in [2.75, 3.05) is 0 Å². The van der Waals surface area contributed by atoms with Gasteiger partial charge in [0.2, 0.25) is 18.0 Å². The molecule has 0 amide bonds. The molecule has 1 saturated heterocycles.